The summed E-state index contributed by atoms with van der Waals surface area (Å²) in [7, 11) is 0. The van der Waals surface area contributed by atoms with E-state index in [-0.39, 0.29) is 22.7 Å². The molecule has 2 N–H and O–H groups in total. The Morgan fingerprint density at radius 3 is 2.14 bits per heavy atom. The topological polar surface area (TPSA) is 75.3 Å². The summed E-state index contributed by atoms with van der Waals surface area (Å²) in [4.78, 5) is 31.9. The highest BCUT2D eigenvalue weighted by Gasteiger charge is 2.02. The van der Waals surface area contributed by atoms with Crippen molar-refractivity contribution < 1.29 is 14.4 Å². The van der Waals surface area contributed by atoms with Gasteiger partial charge in [-0.3, -0.25) is 14.4 Å². The molecule has 6 heteroatoms. The van der Waals surface area contributed by atoms with Gasteiger partial charge < -0.3 is 10.6 Å². The third kappa shape index (κ3) is 9.05. The molecule has 2 amide bonds. The predicted molar refractivity (Wildman–Crippen MR) is 54.8 cm³/mol. The summed E-state index contributed by atoms with van der Waals surface area (Å²) in [5.74, 6) is -0.192. The molecule has 0 bridgehead atoms. The minimum Gasteiger partial charge on any atom is -0.355 e. The van der Waals surface area contributed by atoms with Crippen LogP contribution in [0.2, 0.25) is 0 Å². The Balaban J connectivity index is 3.36. The fourth-order valence-corrected chi connectivity index (χ4v) is 1.10. The van der Waals surface area contributed by atoms with Crippen LogP contribution in [0.1, 0.15) is 13.8 Å². The Morgan fingerprint density at radius 1 is 1.07 bits per heavy atom. The van der Waals surface area contributed by atoms with Crippen LogP contribution in [0.25, 0.3) is 0 Å². The molecule has 0 heterocycles. The average molecular weight is 218 g/mol. The summed E-state index contributed by atoms with van der Waals surface area (Å²) >= 11 is 0.965. The second-order valence-corrected chi connectivity index (χ2v) is 3.77. The fraction of sp³-hybridized carbons (Fsp3) is 0.625. The molecule has 0 spiro atoms. The van der Waals surface area contributed by atoms with Crippen LogP contribution in [-0.2, 0) is 14.4 Å². The van der Waals surface area contributed by atoms with E-state index in [2.05, 4.69) is 10.6 Å². The maximum Gasteiger partial charge on any atom is 0.230 e. The Morgan fingerprint density at radius 2 is 1.64 bits per heavy atom. The zero-order valence-corrected chi connectivity index (χ0v) is 9.07. The minimum atomic E-state index is -0.199. The highest BCUT2D eigenvalue weighted by Crippen LogP contribution is 1.98. The largest absolute Gasteiger partial charge is 0.355 e. The van der Waals surface area contributed by atoms with E-state index in [1.807, 2.05) is 0 Å². The van der Waals surface area contributed by atoms with Crippen LogP contribution in [0.15, 0.2) is 0 Å². The summed E-state index contributed by atoms with van der Waals surface area (Å²) in [6, 6.07) is 0. The number of thioether (sulfide) groups is 1. The normalized spacial score (nSPS) is 9.29. The first kappa shape index (κ1) is 13.0. The molecule has 0 rings (SSSR count). The third-order valence-corrected chi connectivity index (χ3v) is 2.04. The van der Waals surface area contributed by atoms with Gasteiger partial charge in [-0.2, -0.15) is 0 Å². The Labute approximate surface area is 87.0 Å². The van der Waals surface area contributed by atoms with Crippen LogP contribution in [0, 0.1) is 0 Å². The van der Waals surface area contributed by atoms with Crippen molar-refractivity contribution in [2.75, 3.05) is 18.8 Å². The van der Waals surface area contributed by atoms with E-state index in [4.69, 9.17) is 0 Å². The highest BCUT2D eigenvalue weighted by atomic mass is 32.2. The molecule has 0 aliphatic heterocycles. The molecule has 0 saturated heterocycles. The first-order valence-corrected chi connectivity index (χ1v) is 5.15. The molecule has 0 aromatic rings. The lowest BCUT2D eigenvalue weighted by molar-refractivity contribution is -0.120. The molecule has 0 fully saturated rings. The first-order chi connectivity index (χ1) is 6.52. The van der Waals surface area contributed by atoms with E-state index < -0.39 is 0 Å². The maximum absolute atomic E-state index is 11.0. The lowest BCUT2D eigenvalue weighted by Gasteiger charge is -2.04. The molecule has 0 unspecified atom stereocenters. The van der Waals surface area contributed by atoms with E-state index in [0.717, 1.165) is 11.8 Å². The first-order valence-electron chi connectivity index (χ1n) is 4.17. The van der Waals surface area contributed by atoms with Gasteiger partial charge in [0.15, 0.2) is 5.12 Å². The number of amides is 2. The van der Waals surface area contributed by atoms with E-state index in [9.17, 15) is 14.4 Å². The average Bonchev–Trinajstić information content (AvgIpc) is 2.08. The number of nitrogens with one attached hydrogen (secondary N) is 2. The zero-order valence-electron chi connectivity index (χ0n) is 8.25. The van der Waals surface area contributed by atoms with Crippen molar-refractivity contribution in [3.63, 3.8) is 0 Å². The van der Waals surface area contributed by atoms with Gasteiger partial charge in [-0.25, -0.2) is 0 Å². The number of carbonyl (C=O) groups is 3. The van der Waals surface area contributed by atoms with E-state index in [1.165, 1.54) is 13.8 Å². The summed E-state index contributed by atoms with van der Waals surface area (Å²) in [6.45, 7) is 3.62. The van der Waals surface area contributed by atoms with Crippen LogP contribution in [0.5, 0.6) is 0 Å². The van der Waals surface area contributed by atoms with Crippen molar-refractivity contribution in [2.45, 2.75) is 13.8 Å². The fourth-order valence-electron chi connectivity index (χ4n) is 0.659. The van der Waals surface area contributed by atoms with E-state index in [1.54, 1.807) is 0 Å². The standard InChI is InChI=1S/C8H14N2O3S/c1-6(11)9-3-4-10-8(13)5-14-7(2)12/h3-5H2,1-2H3,(H,9,11)(H,10,13). The van der Waals surface area contributed by atoms with Gasteiger partial charge in [0.2, 0.25) is 11.8 Å². The molecule has 0 aliphatic rings. The smallest absolute Gasteiger partial charge is 0.230 e. The molecule has 0 aromatic carbocycles. The SMILES string of the molecule is CC(=O)NCCNC(=O)CSC(C)=O. The van der Waals surface area contributed by atoms with Crippen LogP contribution in [0.4, 0.5) is 0 Å². The maximum atomic E-state index is 11.0. The molecule has 0 saturated carbocycles. The zero-order chi connectivity index (χ0) is 11.0. The van der Waals surface area contributed by atoms with E-state index >= 15 is 0 Å². The number of carbonyl (C=O) groups excluding carboxylic acids is 3. The van der Waals surface area contributed by atoms with Crippen molar-refractivity contribution in [2.24, 2.45) is 0 Å². The van der Waals surface area contributed by atoms with Crippen molar-refractivity contribution >= 4 is 28.7 Å². The van der Waals surface area contributed by atoms with Gasteiger partial charge in [0.25, 0.3) is 0 Å². The van der Waals surface area contributed by atoms with Crippen molar-refractivity contribution in [1.82, 2.24) is 10.6 Å². The van der Waals surface area contributed by atoms with Crippen LogP contribution < -0.4 is 10.6 Å². The van der Waals surface area contributed by atoms with Gasteiger partial charge in [0.1, 0.15) is 0 Å². The second kappa shape index (κ2) is 7.37. The second-order valence-electron chi connectivity index (χ2n) is 2.61. The monoisotopic (exact) mass is 218 g/mol. The number of hydrogen-bond acceptors (Lipinski definition) is 4. The van der Waals surface area contributed by atoms with Gasteiger partial charge in [-0.15, -0.1) is 0 Å². The van der Waals surface area contributed by atoms with Crippen LogP contribution >= 0.6 is 11.8 Å². The lowest BCUT2D eigenvalue weighted by atomic mass is 10.5. The van der Waals surface area contributed by atoms with Gasteiger partial charge in [-0.1, -0.05) is 11.8 Å². The summed E-state index contributed by atoms with van der Waals surface area (Å²) in [6.07, 6.45) is 0. The molecular formula is C8H14N2O3S. The summed E-state index contributed by atoms with van der Waals surface area (Å²) in [5.41, 5.74) is 0. The molecular weight excluding hydrogens is 204 g/mol. The molecule has 0 aliphatic carbocycles. The van der Waals surface area contributed by atoms with Crippen LogP contribution in [0.3, 0.4) is 0 Å². The predicted octanol–water partition coefficient (Wildman–Crippen LogP) is -0.482. The van der Waals surface area contributed by atoms with Gasteiger partial charge in [0, 0.05) is 26.9 Å². The summed E-state index contributed by atoms with van der Waals surface area (Å²) < 4.78 is 0. The molecule has 0 radical (unpaired) electrons. The Kier molecular flexibility index (Phi) is 6.82. The lowest BCUT2D eigenvalue weighted by Crippen LogP contribution is -2.34. The number of hydrogen-bond donors (Lipinski definition) is 2. The van der Waals surface area contributed by atoms with Gasteiger partial charge >= 0.3 is 0 Å². The summed E-state index contributed by atoms with van der Waals surface area (Å²) in [5, 5.41) is 5.02. The number of rotatable bonds is 5. The van der Waals surface area contributed by atoms with E-state index in [0.29, 0.717) is 13.1 Å². The molecule has 0 atom stereocenters. The molecule has 0 aromatic heterocycles. The highest BCUT2D eigenvalue weighted by molar-refractivity contribution is 8.14. The molecule has 80 valence electrons. The Hall–Kier alpha value is -1.04. The third-order valence-electron chi connectivity index (χ3n) is 1.23. The van der Waals surface area contributed by atoms with Crippen molar-refractivity contribution in [1.29, 1.82) is 0 Å². The van der Waals surface area contributed by atoms with Crippen LogP contribution in [-0.4, -0.2) is 35.8 Å². The minimum absolute atomic E-state index is 0.0815. The molecule has 5 nitrogen and oxygen atoms in total. The van der Waals surface area contributed by atoms with Crippen molar-refractivity contribution in [3.8, 4) is 0 Å². The Bertz CT molecular complexity index is 231. The van der Waals surface area contributed by atoms with Crippen molar-refractivity contribution in [3.05, 3.63) is 0 Å². The molecule has 14 heavy (non-hydrogen) atoms. The van der Waals surface area contributed by atoms with Gasteiger partial charge in [0.05, 0.1) is 5.75 Å². The quantitative estimate of drug-likeness (QED) is 0.611. The van der Waals surface area contributed by atoms with Gasteiger partial charge in [-0.05, 0) is 0 Å².